The fraction of sp³-hybridized carbons (Fsp3) is 0.143. The molecule has 0 saturated carbocycles. The zero-order valence-corrected chi connectivity index (χ0v) is 13.4. The van der Waals surface area contributed by atoms with Crippen LogP contribution in [-0.2, 0) is 10.2 Å². The number of carbonyl (C=O) groups is 2. The van der Waals surface area contributed by atoms with Gasteiger partial charge in [-0.1, -0.05) is 6.07 Å². The summed E-state index contributed by atoms with van der Waals surface area (Å²) in [5.74, 6) is -0.653. The van der Waals surface area contributed by atoms with Crippen molar-refractivity contribution in [1.29, 1.82) is 0 Å². The Bertz CT molecular complexity index is 863. The minimum atomic E-state index is -4.88. The third-order valence-electron chi connectivity index (χ3n) is 2.90. The standard InChI is InChI=1S/C14H15FN4O4S/c1-2-16-14(21)19-10-5-3-4-9(6-10)18-13(20)12-7-11(8-17-12)24(15,22)23/h3-8,17H,2H2,1H3,(H,18,20)(H2,16,19,21). The summed E-state index contributed by atoms with van der Waals surface area (Å²) in [6.07, 6.45) is 0.886. The zero-order chi connectivity index (χ0) is 17.7. The summed E-state index contributed by atoms with van der Waals surface area (Å²) in [5, 5.41) is 7.65. The van der Waals surface area contributed by atoms with Crippen LogP contribution in [0.1, 0.15) is 17.4 Å². The van der Waals surface area contributed by atoms with E-state index in [1.807, 2.05) is 0 Å². The summed E-state index contributed by atoms with van der Waals surface area (Å²) in [4.78, 5) is 25.2. The van der Waals surface area contributed by atoms with Crippen LogP contribution in [0.15, 0.2) is 41.4 Å². The molecule has 0 atom stereocenters. The lowest BCUT2D eigenvalue weighted by Gasteiger charge is -2.08. The van der Waals surface area contributed by atoms with Crippen molar-refractivity contribution in [3.05, 3.63) is 42.2 Å². The van der Waals surface area contributed by atoms with Gasteiger partial charge in [0, 0.05) is 24.1 Å². The monoisotopic (exact) mass is 354 g/mol. The van der Waals surface area contributed by atoms with Gasteiger partial charge in [0.25, 0.3) is 5.91 Å². The molecule has 2 aromatic rings. The number of halogens is 1. The van der Waals surface area contributed by atoms with Crippen molar-refractivity contribution in [3.8, 4) is 0 Å². The molecule has 1 heterocycles. The minimum Gasteiger partial charge on any atom is -0.356 e. The molecule has 128 valence electrons. The van der Waals surface area contributed by atoms with Gasteiger partial charge in [0.15, 0.2) is 0 Å². The zero-order valence-electron chi connectivity index (χ0n) is 12.6. The number of nitrogens with one attached hydrogen (secondary N) is 4. The molecule has 0 bridgehead atoms. The molecule has 0 aliphatic rings. The van der Waals surface area contributed by atoms with Crippen LogP contribution in [0, 0.1) is 0 Å². The molecule has 10 heteroatoms. The Morgan fingerprint density at radius 2 is 1.83 bits per heavy atom. The van der Waals surface area contributed by atoms with Crippen LogP contribution < -0.4 is 16.0 Å². The number of amides is 3. The van der Waals surface area contributed by atoms with E-state index in [0.29, 0.717) is 17.9 Å². The maximum Gasteiger partial charge on any atom is 0.333 e. The Morgan fingerprint density at radius 3 is 2.42 bits per heavy atom. The van der Waals surface area contributed by atoms with Crippen molar-refractivity contribution in [3.63, 3.8) is 0 Å². The Morgan fingerprint density at radius 1 is 1.17 bits per heavy atom. The van der Waals surface area contributed by atoms with E-state index < -0.39 is 21.0 Å². The number of urea groups is 1. The van der Waals surface area contributed by atoms with E-state index in [-0.39, 0.29) is 11.7 Å². The second-order valence-electron chi connectivity index (χ2n) is 4.71. The van der Waals surface area contributed by atoms with Gasteiger partial charge in [-0.25, -0.2) is 4.79 Å². The second kappa shape index (κ2) is 7.13. The summed E-state index contributed by atoms with van der Waals surface area (Å²) in [6, 6.07) is 6.85. The van der Waals surface area contributed by atoms with Gasteiger partial charge >= 0.3 is 16.3 Å². The van der Waals surface area contributed by atoms with Crippen LogP contribution in [0.2, 0.25) is 0 Å². The van der Waals surface area contributed by atoms with Crippen LogP contribution in [0.3, 0.4) is 0 Å². The van der Waals surface area contributed by atoms with Crippen molar-refractivity contribution < 1.29 is 21.9 Å². The highest BCUT2D eigenvalue weighted by atomic mass is 32.3. The Labute approximate surface area is 137 Å². The maximum absolute atomic E-state index is 12.8. The summed E-state index contributed by atoms with van der Waals surface area (Å²) >= 11 is 0. The van der Waals surface area contributed by atoms with Crippen molar-refractivity contribution >= 4 is 33.5 Å². The highest BCUT2D eigenvalue weighted by Crippen LogP contribution is 2.17. The molecule has 0 saturated heterocycles. The van der Waals surface area contributed by atoms with Crippen LogP contribution >= 0.6 is 0 Å². The van der Waals surface area contributed by atoms with E-state index in [4.69, 9.17) is 0 Å². The van der Waals surface area contributed by atoms with E-state index in [1.165, 1.54) is 6.07 Å². The van der Waals surface area contributed by atoms with E-state index >= 15 is 0 Å². The molecule has 0 fully saturated rings. The Hall–Kier alpha value is -2.88. The predicted octanol–water partition coefficient (Wildman–Crippen LogP) is 2.07. The van der Waals surface area contributed by atoms with Gasteiger partial charge in [0.2, 0.25) is 0 Å². The molecule has 24 heavy (non-hydrogen) atoms. The molecule has 2 rings (SSSR count). The quantitative estimate of drug-likeness (QED) is 0.614. The summed E-state index contributed by atoms with van der Waals surface area (Å²) in [6.45, 7) is 2.24. The smallest absolute Gasteiger partial charge is 0.333 e. The van der Waals surface area contributed by atoms with Crippen molar-refractivity contribution in [2.24, 2.45) is 0 Å². The lowest BCUT2D eigenvalue weighted by molar-refractivity contribution is 0.102. The van der Waals surface area contributed by atoms with Crippen LogP contribution in [0.25, 0.3) is 0 Å². The number of H-pyrrole nitrogens is 1. The first kappa shape index (κ1) is 17.5. The van der Waals surface area contributed by atoms with Gasteiger partial charge in [-0.3, -0.25) is 4.79 Å². The second-order valence-corrected chi connectivity index (χ2v) is 6.05. The maximum atomic E-state index is 12.8. The fourth-order valence-corrected chi connectivity index (χ4v) is 2.31. The molecule has 8 nitrogen and oxygen atoms in total. The van der Waals surface area contributed by atoms with Crippen molar-refractivity contribution in [1.82, 2.24) is 10.3 Å². The number of anilines is 2. The summed E-state index contributed by atoms with van der Waals surface area (Å²) < 4.78 is 34.4. The van der Waals surface area contributed by atoms with E-state index in [2.05, 4.69) is 20.9 Å². The Balaban J connectivity index is 2.09. The number of aromatic amines is 1. The van der Waals surface area contributed by atoms with Gasteiger partial charge in [-0.05, 0) is 31.2 Å². The highest BCUT2D eigenvalue weighted by Gasteiger charge is 2.17. The number of rotatable bonds is 5. The molecule has 3 amide bonds. The predicted molar refractivity (Wildman–Crippen MR) is 86.2 cm³/mol. The number of hydrogen-bond donors (Lipinski definition) is 4. The van der Waals surface area contributed by atoms with Gasteiger partial charge in [0.1, 0.15) is 10.6 Å². The number of hydrogen-bond acceptors (Lipinski definition) is 4. The van der Waals surface area contributed by atoms with Crippen LogP contribution in [0.5, 0.6) is 0 Å². The normalized spacial score (nSPS) is 10.9. The molecular weight excluding hydrogens is 339 g/mol. The minimum absolute atomic E-state index is 0.117. The van der Waals surface area contributed by atoms with Gasteiger partial charge in [-0.2, -0.15) is 8.42 Å². The highest BCUT2D eigenvalue weighted by molar-refractivity contribution is 7.86. The lowest BCUT2D eigenvalue weighted by atomic mass is 10.2. The number of aromatic nitrogens is 1. The SMILES string of the molecule is CCNC(=O)Nc1cccc(NC(=O)c2cc(S(=O)(=O)F)c[nH]2)c1. The molecule has 0 aliphatic carbocycles. The lowest BCUT2D eigenvalue weighted by Crippen LogP contribution is -2.28. The third-order valence-corrected chi connectivity index (χ3v) is 3.70. The largest absolute Gasteiger partial charge is 0.356 e. The fourth-order valence-electron chi connectivity index (χ4n) is 1.86. The Kier molecular flexibility index (Phi) is 5.19. The number of benzene rings is 1. The van der Waals surface area contributed by atoms with Crippen LogP contribution in [0.4, 0.5) is 20.1 Å². The molecule has 0 spiro atoms. The first-order valence-electron chi connectivity index (χ1n) is 6.89. The molecule has 0 unspecified atom stereocenters. The number of carbonyl (C=O) groups excluding carboxylic acids is 2. The molecular formula is C14H15FN4O4S. The van der Waals surface area contributed by atoms with Crippen molar-refractivity contribution in [2.45, 2.75) is 11.8 Å². The molecule has 0 aliphatic heterocycles. The average Bonchev–Trinajstić information content (AvgIpc) is 2.97. The molecule has 1 aromatic carbocycles. The van der Waals surface area contributed by atoms with E-state index in [9.17, 15) is 21.9 Å². The first-order chi connectivity index (χ1) is 11.3. The average molecular weight is 354 g/mol. The topological polar surface area (TPSA) is 120 Å². The molecule has 0 radical (unpaired) electrons. The third kappa shape index (κ3) is 4.56. The van der Waals surface area contributed by atoms with Crippen LogP contribution in [-0.4, -0.2) is 31.9 Å². The molecule has 4 N–H and O–H groups in total. The summed E-state index contributed by atoms with van der Waals surface area (Å²) in [7, 11) is -4.88. The van der Waals surface area contributed by atoms with E-state index in [1.54, 1.807) is 25.1 Å². The first-order valence-corrected chi connectivity index (χ1v) is 8.27. The van der Waals surface area contributed by atoms with Gasteiger partial charge in [0.05, 0.1) is 0 Å². The van der Waals surface area contributed by atoms with Gasteiger partial charge < -0.3 is 20.9 Å². The summed E-state index contributed by atoms with van der Waals surface area (Å²) in [5.41, 5.74) is 0.708. The van der Waals surface area contributed by atoms with E-state index in [0.717, 1.165) is 12.3 Å². The van der Waals surface area contributed by atoms with Gasteiger partial charge in [-0.15, -0.1) is 3.89 Å². The van der Waals surface area contributed by atoms with Crippen molar-refractivity contribution in [2.75, 3.05) is 17.2 Å². The molecule has 1 aromatic heterocycles.